The van der Waals surface area contributed by atoms with Crippen molar-refractivity contribution < 1.29 is 23.8 Å². The van der Waals surface area contributed by atoms with E-state index >= 15 is 0 Å². The zero-order valence-electron chi connectivity index (χ0n) is 19.7. The summed E-state index contributed by atoms with van der Waals surface area (Å²) in [5.41, 5.74) is 1.79. The number of para-hydroxylation sites is 2. The van der Waals surface area contributed by atoms with Crippen LogP contribution in [-0.4, -0.2) is 69.7 Å². The Morgan fingerprint density at radius 3 is 2.32 bits per heavy atom. The van der Waals surface area contributed by atoms with Crippen LogP contribution in [0.15, 0.2) is 53.5 Å². The van der Waals surface area contributed by atoms with Gasteiger partial charge in [-0.05, 0) is 36.8 Å². The molecule has 2 aromatic carbocycles. The quantitative estimate of drug-likeness (QED) is 0.516. The molecule has 0 unspecified atom stereocenters. The van der Waals surface area contributed by atoms with Gasteiger partial charge < -0.3 is 24.0 Å². The fourth-order valence-electron chi connectivity index (χ4n) is 4.32. The van der Waals surface area contributed by atoms with Crippen molar-refractivity contribution in [2.75, 3.05) is 51.9 Å². The minimum atomic E-state index is -1.05. The van der Waals surface area contributed by atoms with Gasteiger partial charge in [0.05, 0.1) is 26.5 Å². The molecule has 2 heterocycles. The summed E-state index contributed by atoms with van der Waals surface area (Å²) in [6, 6.07) is 14.5. The first kappa shape index (κ1) is 23.4. The maximum Gasteiger partial charge on any atom is 0.321 e. The van der Waals surface area contributed by atoms with E-state index in [0.29, 0.717) is 24.8 Å². The van der Waals surface area contributed by atoms with Gasteiger partial charge in [0.2, 0.25) is 11.9 Å². The van der Waals surface area contributed by atoms with Gasteiger partial charge >= 0.3 is 5.97 Å². The highest BCUT2D eigenvalue weighted by Crippen LogP contribution is 2.33. The number of rotatable bonds is 6. The maximum absolute atomic E-state index is 13.1. The number of guanidine groups is 1. The number of esters is 1. The first-order valence-corrected chi connectivity index (χ1v) is 11.4. The molecule has 0 radical (unpaired) electrons. The fourth-order valence-corrected chi connectivity index (χ4v) is 4.32. The number of methoxy groups -OCH3 is 2. The molecule has 0 aromatic heterocycles. The number of amides is 1. The number of nitrogens with one attached hydrogen (secondary N) is 1. The van der Waals surface area contributed by atoms with Crippen LogP contribution < -0.4 is 19.7 Å². The highest BCUT2D eigenvalue weighted by atomic mass is 16.5. The Hall–Kier alpha value is -3.75. The van der Waals surface area contributed by atoms with Crippen LogP contribution in [0.25, 0.3) is 0 Å². The number of hydrogen-bond donors (Lipinski definition) is 1. The van der Waals surface area contributed by atoms with Gasteiger partial charge in [0.1, 0.15) is 17.5 Å². The van der Waals surface area contributed by atoms with Gasteiger partial charge in [-0.25, -0.2) is 4.99 Å². The lowest BCUT2D eigenvalue weighted by Gasteiger charge is -2.40. The lowest BCUT2D eigenvalue weighted by atomic mass is 9.91. The molecule has 1 saturated heterocycles. The summed E-state index contributed by atoms with van der Waals surface area (Å²) in [6.07, 6.45) is 0. The molecule has 9 nitrogen and oxygen atoms in total. The number of ether oxygens (including phenoxy) is 3. The Kier molecular flexibility index (Phi) is 7.20. The van der Waals surface area contributed by atoms with Crippen LogP contribution in [-0.2, 0) is 14.3 Å². The molecule has 2 aliphatic rings. The summed E-state index contributed by atoms with van der Waals surface area (Å²) in [4.78, 5) is 34.8. The van der Waals surface area contributed by atoms with E-state index in [4.69, 9.17) is 19.2 Å². The average molecular weight is 467 g/mol. The van der Waals surface area contributed by atoms with E-state index in [2.05, 4.69) is 10.2 Å². The van der Waals surface area contributed by atoms with Gasteiger partial charge in [-0.15, -0.1) is 0 Å². The van der Waals surface area contributed by atoms with E-state index in [0.717, 1.165) is 30.1 Å². The topological polar surface area (TPSA) is 92.7 Å². The lowest BCUT2D eigenvalue weighted by molar-refractivity contribution is -0.153. The van der Waals surface area contributed by atoms with Crippen molar-refractivity contribution in [3.05, 3.63) is 54.1 Å². The largest absolute Gasteiger partial charge is 0.497 e. The minimum absolute atomic E-state index is 0.194. The van der Waals surface area contributed by atoms with Crippen molar-refractivity contribution in [1.29, 1.82) is 0 Å². The number of anilines is 1. The lowest BCUT2D eigenvalue weighted by Crippen LogP contribution is -2.57. The summed E-state index contributed by atoms with van der Waals surface area (Å²) >= 11 is 0. The Bertz CT molecular complexity index is 1050. The molecule has 2 aromatic rings. The molecule has 2 atom stereocenters. The normalized spacial score (nSPS) is 20.3. The smallest absolute Gasteiger partial charge is 0.321 e. The van der Waals surface area contributed by atoms with Crippen LogP contribution in [0.1, 0.15) is 18.5 Å². The summed E-state index contributed by atoms with van der Waals surface area (Å²) in [5.74, 6) is -0.0384. The molecular weight excluding hydrogens is 436 g/mol. The molecule has 180 valence electrons. The number of piperazine rings is 1. The molecule has 9 heteroatoms. The Morgan fingerprint density at radius 1 is 1.00 bits per heavy atom. The van der Waals surface area contributed by atoms with Crippen molar-refractivity contribution in [3.63, 3.8) is 0 Å². The number of nitrogens with zero attached hydrogens (tertiary/aromatic N) is 3. The molecule has 2 aliphatic heterocycles. The Morgan fingerprint density at radius 2 is 1.68 bits per heavy atom. The van der Waals surface area contributed by atoms with Crippen molar-refractivity contribution in [1.82, 2.24) is 10.2 Å². The molecular formula is C25H30N4O5. The monoisotopic (exact) mass is 466 g/mol. The maximum atomic E-state index is 13.1. The zero-order chi connectivity index (χ0) is 24.1. The van der Waals surface area contributed by atoms with Gasteiger partial charge in [0.25, 0.3) is 0 Å². The second kappa shape index (κ2) is 10.5. The van der Waals surface area contributed by atoms with Gasteiger partial charge in [0, 0.05) is 26.2 Å². The van der Waals surface area contributed by atoms with E-state index < -0.39 is 23.8 Å². The standard InChI is InChI=1S/C25H30N4O5/c1-4-34-24(31)21-22(17-9-11-18(32-2)12-10-17)26-25(27-23(21)30)29-15-13-28(14-16-29)19-7-5-6-8-20(19)33-3/h5-12,21-22H,4,13-16H2,1-3H3,(H,26,27,30)/t21-,22+/m1/s1. The predicted molar refractivity (Wildman–Crippen MR) is 128 cm³/mol. The van der Waals surface area contributed by atoms with Crippen LogP contribution in [0.4, 0.5) is 5.69 Å². The van der Waals surface area contributed by atoms with Gasteiger partial charge in [-0.3, -0.25) is 14.9 Å². The second-order valence-electron chi connectivity index (χ2n) is 8.04. The van der Waals surface area contributed by atoms with E-state index in [-0.39, 0.29) is 6.61 Å². The van der Waals surface area contributed by atoms with E-state index in [1.807, 2.05) is 41.3 Å². The van der Waals surface area contributed by atoms with E-state index in [1.165, 1.54) is 0 Å². The summed E-state index contributed by atoms with van der Waals surface area (Å²) in [5, 5.41) is 2.84. The number of benzene rings is 2. The molecule has 0 spiro atoms. The molecule has 34 heavy (non-hydrogen) atoms. The number of hydrogen-bond acceptors (Lipinski definition) is 8. The van der Waals surface area contributed by atoms with Crippen molar-refractivity contribution in [3.8, 4) is 11.5 Å². The van der Waals surface area contributed by atoms with Gasteiger partial charge in [-0.2, -0.15) is 0 Å². The van der Waals surface area contributed by atoms with Crippen LogP contribution in [0.3, 0.4) is 0 Å². The van der Waals surface area contributed by atoms with Crippen LogP contribution in [0, 0.1) is 5.92 Å². The summed E-state index contributed by atoms with van der Waals surface area (Å²) < 4.78 is 15.9. The summed E-state index contributed by atoms with van der Waals surface area (Å²) in [6.45, 7) is 4.72. The number of carbonyl (C=O) groups excluding carboxylic acids is 2. The van der Waals surface area contributed by atoms with E-state index in [9.17, 15) is 9.59 Å². The molecule has 0 aliphatic carbocycles. The second-order valence-corrected chi connectivity index (χ2v) is 8.04. The highest BCUT2D eigenvalue weighted by molar-refractivity contribution is 6.08. The van der Waals surface area contributed by atoms with Crippen LogP contribution in [0.5, 0.6) is 11.5 Å². The molecule has 1 N–H and O–H groups in total. The fraction of sp³-hybridized carbons (Fsp3) is 0.400. The van der Waals surface area contributed by atoms with Crippen LogP contribution in [0.2, 0.25) is 0 Å². The molecule has 1 fully saturated rings. The average Bonchev–Trinajstić information content (AvgIpc) is 2.88. The first-order chi connectivity index (χ1) is 16.5. The first-order valence-electron chi connectivity index (χ1n) is 11.4. The van der Waals surface area contributed by atoms with Crippen molar-refractivity contribution in [2.45, 2.75) is 13.0 Å². The van der Waals surface area contributed by atoms with Gasteiger partial charge in [-0.1, -0.05) is 24.3 Å². The van der Waals surface area contributed by atoms with Crippen LogP contribution >= 0.6 is 0 Å². The number of carbonyl (C=O) groups is 2. The zero-order valence-corrected chi connectivity index (χ0v) is 19.7. The Labute approximate surface area is 199 Å². The third kappa shape index (κ3) is 4.78. The molecule has 4 rings (SSSR count). The van der Waals surface area contributed by atoms with Crippen molar-refractivity contribution in [2.24, 2.45) is 10.9 Å². The SMILES string of the molecule is CCOC(=O)[C@H]1C(=O)NC(N2CCN(c3ccccc3OC)CC2)=N[C@H]1c1ccc(OC)cc1. The third-order valence-electron chi connectivity index (χ3n) is 6.10. The van der Waals surface area contributed by atoms with Crippen molar-refractivity contribution >= 4 is 23.5 Å². The summed E-state index contributed by atoms with van der Waals surface area (Å²) in [7, 11) is 3.26. The van der Waals surface area contributed by atoms with E-state index in [1.54, 1.807) is 33.3 Å². The third-order valence-corrected chi connectivity index (χ3v) is 6.10. The van der Waals surface area contributed by atoms with Gasteiger partial charge in [0.15, 0.2) is 5.92 Å². The number of aliphatic imine (C=N–C) groups is 1. The Balaban J connectivity index is 1.56. The molecule has 0 saturated carbocycles. The minimum Gasteiger partial charge on any atom is -0.497 e. The molecule has 1 amide bonds. The highest BCUT2D eigenvalue weighted by Gasteiger charge is 2.42. The predicted octanol–water partition coefficient (Wildman–Crippen LogP) is 2.23. The molecule has 0 bridgehead atoms.